The number of alkyl halides is 1. The van der Waals surface area contributed by atoms with Crippen molar-refractivity contribution in [2.24, 2.45) is 11.3 Å². The molecule has 0 radical (unpaired) electrons. The molecule has 1 saturated carbocycles. The monoisotopic (exact) mass is 276 g/mol. The van der Waals surface area contributed by atoms with E-state index in [1.54, 1.807) is 0 Å². The first-order valence-corrected chi connectivity index (χ1v) is 7.52. The Bertz CT molecular complexity index is 162. The van der Waals surface area contributed by atoms with Crippen LogP contribution in [0.2, 0.25) is 0 Å². The predicted molar refractivity (Wildman–Crippen MR) is 69.6 cm³/mol. The lowest BCUT2D eigenvalue weighted by Crippen LogP contribution is -2.28. The van der Waals surface area contributed by atoms with Crippen LogP contribution < -0.4 is 0 Å². The molecule has 0 aromatic rings. The SMILES string of the molecule is CCCCC(CC)(CBr)COCC1CC1. The minimum Gasteiger partial charge on any atom is -0.381 e. The van der Waals surface area contributed by atoms with Crippen LogP contribution in [0.25, 0.3) is 0 Å². The molecule has 0 bridgehead atoms. The second-order valence-corrected chi connectivity index (χ2v) is 5.61. The first-order valence-electron chi connectivity index (χ1n) is 6.40. The third kappa shape index (κ3) is 4.86. The van der Waals surface area contributed by atoms with E-state index in [-0.39, 0.29) is 0 Å². The molecule has 0 saturated heterocycles. The van der Waals surface area contributed by atoms with E-state index in [4.69, 9.17) is 4.74 Å². The number of ether oxygens (including phenoxy) is 1. The zero-order valence-electron chi connectivity index (χ0n) is 10.2. The predicted octanol–water partition coefficient (Wildman–Crippen LogP) is 4.39. The lowest BCUT2D eigenvalue weighted by Gasteiger charge is -2.30. The summed E-state index contributed by atoms with van der Waals surface area (Å²) in [7, 11) is 0. The highest BCUT2D eigenvalue weighted by Gasteiger charge is 2.28. The van der Waals surface area contributed by atoms with Gasteiger partial charge in [0.25, 0.3) is 0 Å². The Kier molecular flexibility index (Phi) is 6.21. The fourth-order valence-corrected chi connectivity index (χ4v) is 2.67. The average Bonchev–Trinajstić information content (AvgIpc) is 3.07. The Hall–Kier alpha value is 0.440. The van der Waals surface area contributed by atoms with Gasteiger partial charge in [0, 0.05) is 17.4 Å². The smallest absolute Gasteiger partial charge is 0.0530 e. The molecular formula is C13H25BrO. The lowest BCUT2D eigenvalue weighted by molar-refractivity contribution is 0.0420. The molecule has 15 heavy (non-hydrogen) atoms. The normalized spacial score (nSPS) is 20.2. The van der Waals surface area contributed by atoms with Gasteiger partial charge in [0.15, 0.2) is 0 Å². The van der Waals surface area contributed by atoms with E-state index in [9.17, 15) is 0 Å². The maximum Gasteiger partial charge on any atom is 0.0530 e. The van der Waals surface area contributed by atoms with Gasteiger partial charge in [-0.3, -0.25) is 0 Å². The molecule has 90 valence electrons. The van der Waals surface area contributed by atoms with Crippen molar-refractivity contribution in [3.8, 4) is 0 Å². The summed E-state index contributed by atoms with van der Waals surface area (Å²) in [5.41, 5.74) is 0.394. The van der Waals surface area contributed by atoms with Crippen molar-refractivity contribution in [2.75, 3.05) is 18.5 Å². The van der Waals surface area contributed by atoms with E-state index >= 15 is 0 Å². The zero-order valence-corrected chi connectivity index (χ0v) is 11.8. The summed E-state index contributed by atoms with van der Waals surface area (Å²) in [5, 5.41) is 1.08. The first-order chi connectivity index (χ1) is 7.26. The number of hydrogen-bond acceptors (Lipinski definition) is 1. The summed E-state index contributed by atoms with van der Waals surface area (Å²) < 4.78 is 5.87. The Morgan fingerprint density at radius 3 is 2.53 bits per heavy atom. The summed E-state index contributed by atoms with van der Waals surface area (Å²) in [6.07, 6.45) is 7.92. The Morgan fingerprint density at radius 1 is 1.33 bits per heavy atom. The Balaban J connectivity index is 2.24. The molecule has 1 unspecified atom stereocenters. The van der Waals surface area contributed by atoms with Gasteiger partial charge in [0.1, 0.15) is 0 Å². The minimum absolute atomic E-state index is 0.394. The van der Waals surface area contributed by atoms with Gasteiger partial charge in [0.2, 0.25) is 0 Å². The first kappa shape index (κ1) is 13.5. The topological polar surface area (TPSA) is 9.23 Å². The third-order valence-corrected chi connectivity index (χ3v) is 4.74. The fraction of sp³-hybridized carbons (Fsp3) is 1.00. The van der Waals surface area contributed by atoms with Gasteiger partial charge in [-0.1, -0.05) is 42.6 Å². The van der Waals surface area contributed by atoms with Gasteiger partial charge in [-0.25, -0.2) is 0 Å². The molecule has 1 atom stereocenters. The quantitative estimate of drug-likeness (QED) is 0.568. The molecule has 1 rings (SSSR count). The number of unbranched alkanes of at least 4 members (excludes halogenated alkanes) is 1. The second-order valence-electron chi connectivity index (χ2n) is 5.05. The zero-order chi connectivity index (χ0) is 11.1. The number of hydrogen-bond donors (Lipinski definition) is 0. The van der Waals surface area contributed by atoms with E-state index in [2.05, 4.69) is 29.8 Å². The fourth-order valence-electron chi connectivity index (χ4n) is 1.83. The molecule has 1 aliphatic carbocycles. The van der Waals surface area contributed by atoms with E-state index in [1.165, 1.54) is 38.5 Å². The molecule has 1 aliphatic rings. The molecule has 0 spiro atoms. The standard InChI is InChI=1S/C13H25BrO/c1-3-5-8-13(4-2,10-14)11-15-9-12-6-7-12/h12H,3-11H2,1-2H3. The van der Waals surface area contributed by atoms with Gasteiger partial charge in [-0.15, -0.1) is 0 Å². The van der Waals surface area contributed by atoms with Crippen LogP contribution in [-0.4, -0.2) is 18.5 Å². The molecule has 0 amide bonds. The second kappa shape index (κ2) is 6.90. The summed E-state index contributed by atoms with van der Waals surface area (Å²) in [4.78, 5) is 0. The van der Waals surface area contributed by atoms with Crippen molar-refractivity contribution in [2.45, 2.75) is 52.4 Å². The molecule has 0 heterocycles. The molecule has 1 nitrogen and oxygen atoms in total. The largest absolute Gasteiger partial charge is 0.381 e. The molecule has 0 aliphatic heterocycles. The van der Waals surface area contributed by atoms with E-state index in [0.717, 1.165) is 24.5 Å². The minimum atomic E-state index is 0.394. The summed E-state index contributed by atoms with van der Waals surface area (Å²) in [6.45, 7) is 6.50. The summed E-state index contributed by atoms with van der Waals surface area (Å²) in [5.74, 6) is 0.890. The molecule has 0 aromatic heterocycles. The van der Waals surface area contributed by atoms with Crippen LogP contribution in [0.5, 0.6) is 0 Å². The maximum absolute atomic E-state index is 5.87. The van der Waals surface area contributed by atoms with Gasteiger partial charge < -0.3 is 4.74 Å². The van der Waals surface area contributed by atoms with Gasteiger partial charge >= 0.3 is 0 Å². The van der Waals surface area contributed by atoms with Gasteiger partial charge in [0.05, 0.1) is 6.61 Å². The lowest BCUT2D eigenvalue weighted by atomic mass is 9.83. The van der Waals surface area contributed by atoms with Crippen molar-refractivity contribution in [3.05, 3.63) is 0 Å². The highest BCUT2D eigenvalue weighted by molar-refractivity contribution is 9.09. The van der Waals surface area contributed by atoms with Gasteiger partial charge in [-0.2, -0.15) is 0 Å². The van der Waals surface area contributed by atoms with E-state index in [1.807, 2.05) is 0 Å². The molecule has 0 N–H and O–H groups in total. The van der Waals surface area contributed by atoms with Crippen LogP contribution in [-0.2, 0) is 4.74 Å². The molecule has 2 heteroatoms. The number of halogens is 1. The van der Waals surface area contributed by atoms with Crippen molar-refractivity contribution in [1.82, 2.24) is 0 Å². The summed E-state index contributed by atoms with van der Waals surface area (Å²) in [6, 6.07) is 0. The highest BCUT2D eigenvalue weighted by Crippen LogP contribution is 2.33. The maximum atomic E-state index is 5.87. The molecular weight excluding hydrogens is 252 g/mol. The van der Waals surface area contributed by atoms with Crippen LogP contribution in [0.15, 0.2) is 0 Å². The number of rotatable bonds is 9. The average molecular weight is 277 g/mol. The van der Waals surface area contributed by atoms with Crippen LogP contribution in [0.4, 0.5) is 0 Å². The van der Waals surface area contributed by atoms with Crippen LogP contribution in [0, 0.1) is 11.3 Å². The van der Waals surface area contributed by atoms with Crippen molar-refractivity contribution < 1.29 is 4.74 Å². The van der Waals surface area contributed by atoms with Crippen molar-refractivity contribution >= 4 is 15.9 Å². The molecule has 1 fully saturated rings. The Morgan fingerprint density at radius 2 is 2.07 bits per heavy atom. The van der Waals surface area contributed by atoms with Crippen LogP contribution in [0.3, 0.4) is 0 Å². The summed E-state index contributed by atoms with van der Waals surface area (Å²) >= 11 is 3.67. The van der Waals surface area contributed by atoms with Crippen molar-refractivity contribution in [1.29, 1.82) is 0 Å². The van der Waals surface area contributed by atoms with E-state index < -0.39 is 0 Å². The third-order valence-electron chi connectivity index (χ3n) is 3.55. The van der Waals surface area contributed by atoms with Gasteiger partial charge in [-0.05, 0) is 31.6 Å². The molecule has 0 aromatic carbocycles. The van der Waals surface area contributed by atoms with Crippen LogP contribution in [0.1, 0.15) is 52.4 Å². The van der Waals surface area contributed by atoms with E-state index in [0.29, 0.717) is 5.41 Å². The van der Waals surface area contributed by atoms with Crippen LogP contribution >= 0.6 is 15.9 Å². The highest BCUT2D eigenvalue weighted by atomic mass is 79.9. The van der Waals surface area contributed by atoms with Crippen molar-refractivity contribution in [3.63, 3.8) is 0 Å². The Labute approximate surface area is 103 Å².